The first-order valence-corrected chi connectivity index (χ1v) is 11.1. The Morgan fingerprint density at radius 1 is 1.20 bits per heavy atom. The number of esters is 1. The first-order valence-electron chi connectivity index (χ1n) is 11.1. The van der Waals surface area contributed by atoms with E-state index in [1.165, 1.54) is 23.1 Å². The lowest BCUT2D eigenvalue weighted by atomic mass is 9.93. The van der Waals surface area contributed by atoms with Gasteiger partial charge in [-0.05, 0) is 44.0 Å². The largest absolute Gasteiger partial charge is 0.872 e. The number of nitrogens with zero attached hydrogens (tertiary/aromatic N) is 1. The van der Waals surface area contributed by atoms with Crippen molar-refractivity contribution >= 4 is 23.4 Å². The Morgan fingerprint density at radius 3 is 2.60 bits per heavy atom. The highest BCUT2D eigenvalue weighted by atomic mass is 19.1. The standard InChI is InChI=1S/C26H24FN3O5/c1-4-35-26(34)21-14(2)19(15(3)29-21)23(31)20-22(17-9-5-6-10-18(17)27)30(25(33)24(20)32)13-16-8-7-11-28-12-16/h5-12,22,29,31H,4,13H2,1-3H3. The highest BCUT2D eigenvalue weighted by Crippen LogP contribution is 2.41. The first kappa shape index (κ1) is 23.9. The normalized spacial score (nSPS) is 17.1. The van der Waals surface area contributed by atoms with E-state index >= 15 is 0 Å². The predicted molar refractivity (Wildman–Crippen MR) is 121 cm³/mol. The van der Waals surface area contributed by atoms with Gasteiger partial charge in [-0.15, -0.1) is 0 Å². The molecule has 1 fully saturated rings. The number of ether oxygens (including phenoxy) is 1. The van der Waals surface area contributed by atoms with Gasteiger partial charge in [0, 0.05) is 28.5 Å². The number of aromatic amines is 2. The van der Waals surface area contributed by atoms with Crippen molar-refractivity contribution in [2.75, 3.05) is 6.61 Å². The molecule has 1 unspecified atom stereocenters. The Hall–Kier alpha value is -4.27. The molecular weight excluding hydrogens is 453 g/mol. The van der Waals surface area contributed by atoms with Gasteiger partial charge in [0.05, 0.1) is 19.2 Å². The van der Waals surface area contributed by atoms with Crippen LogP contribution in [0.2, 0.25) is 0 Å². The number of rotatable bonds is 6. The van der Waals surface area contributed by atoms with Gasteiger partial charge in [0.1, 0.15) is 11.5 Å². The molecule has 2 N–H and O–H groups in total. The summed E-state index contributed by atoms with van der Waals surface area (Å²) in [5.41, 5.74) is 1.15. The lowest BCUT2D eigenvalue weighted by Crippen LogP contribution is -2.30. The number of Topliss-reactive ketones (excluding diaryl/α,β-unsaturated/α-hetero) is 1. The van der Waals surface area contributed by atoms with Crippen LogP contribution in [0.25, 0.3) is 5.76 Å². The van der Waals surface area contributed by atoms with Gasteiger partial charge in [0.2, 0.25) is 5.78 Å². The summed E-state index contributed by atoms with van der Waals surface area (Å²) in [5.74, 6) is -3.92. The molecule has 3 aromatic rings. The number of likely N-dealkylation sites (tertiary alicyclic amines) is 1. The quantitative estimate of drug-likeness (QED) is 0.253. The number of aryl methyl sites for hydroxylation is 1. The van der Waals surface area contributed by atoms with E-state index in [0.717, 1.165) is 0 Å². The zero-order valence-corrected chi connectivity index (χ0v) is 19.5. The van der Waals surface area contributed by atoms with E-state index < -0.39 is 35.3 Å². The van der Waals surface area contributed by atoms with Crippen LogP contribution >= 0.6 is 0 Å². The fourth-order valence-electron chi connectivity index (χ4n) is 4.41. The van der Waals surface area contributed by atoms with Crippen LogP contribution in [0.3, 0.4) is 0 Å². The summed E-state index contributed by atoms with van der Waals surface area (Å²) in [6.45, 7) is 4.93. The molecule has 0 aliphatic carbocycles. The minimum Gasteiger partial charge on any atom is -0.872 e. The second kappa shape index (κ2) is 9.54. The maximum absolute atomic E-state index is 15.0. The molecule has 2 aromatic heterocycles. The topological polar surface area (TPSA) is 117 Å². The minimum atomic E-state index is -1.23. The predicted octanol–water partition coefficient (Wildman–Crippen LogP) is 2.19. The second-order valence-electron chi connectivity index (χ2n) is 8.19. The smallest absolute Gasteiger partial charge is 0.355 e. The molecule has 3 heterocycles. The van der Waals surface area contributed by atoms with Crippen LogP contribution in [-0.4, -0.2) is 34.2 Å². The molecule has 0 bridgehead atoms. The fourth-order valence-corrected chi connectivity index (χ4v) is 4.41. The number of ketones is 1. The van der Waals surface area contributed by atoms with Crippen molar-refractivity contribution in [3.05, 3.63) is 93.8 Å². The summed E-state index contributed by atoms with van der Waals surface area (Å²) >= 11 is 0. The maximum atomic E-state index is 15.0. The molecule has 1 aliphatic heterocycles. The molecule has 0 saturated carbocycles. The van der Waals surface area contributed by atoms with Gasteiger partial charge in [-0.2, -0.15) is 0 Å². The van der Waals surface area contributed by atoms with Crippen LogP contribution in [0.5, 0.6) is 0 Å². The molecule has 0 spiro atoms. The highest BCUT2D eigenvalue weighted by molar-refractivity contribution is 6.46. The van der Waals surface area contributed by atoms with Crippen molar-refractivity contribution < 1.29 is 33.6 Å². The third kappa shape index (κ3) is 4.21. The minimum absolute atomic E-state index is 0.0170. The number of carbonyl (C=O) groups excluding carboxylic acids is 3. The molecule has 1 atom stereocenters. The van der Waals surface area contributed by atoms with E-state index in [4.69, 9.17) is 4.74 Å². The van der Waals surface area contributed by atoms with Gasteiger partial charge in [-0.25, -0.2) is 14.2 Å². The lowest BCUT2D eigenvalue weighted by molar-refractivity contribution is -0.378. The summed E-state index contributed by atoms with van der Waals surface area (Å²) in [4.78, 5) is 45.6. The molecule has 4 rings (SSSR count). The monoisotopic (exact) mass is 477 g/mol. The van der Waals surface area contributed by atoms with Crippen LogP contribution in [0.1, 0.15) is 51.4 Å². The van der Waals surface area contributed by atoms with Crippen molar-refractivity contribution in [1.29, 1.82) is 0 Å². The summed E-state index contributed by atoms with van der Waals surface area (Å²) in [6.07, 6.45) is 3.34. The average molecular weight is 477 g/mol. The van der Waals surface area contributed by atoms with E-state index in [1.54, 1.807) is 51.4 Å². The summed E-state index contributed by atoms with van der Waals surface area (Å²) in [6, 6.07) is 7.97. The third-order valence-corrected chi connectivity index (χ3v) is 6.00. The van der Waals surface area contributed by atoms with E-state index in [1.807, 2.05) is 0 Å². The van der Waals surface area contributed by atoms with Crippen LogP contribution in [-0.2, 0) is 20.9 Å². The van der Waals surface area contributed by atoms with Crippen LogP contribution in [0.15, 0.2) is 54.4 Å². The molecule has 8 nitrogen and oxygen atoms in total. The molecule has 1 amide bonds. The number of halogens is 1. The van der Waals surface area contributed by atoms with E-state index in [-0.39, 0.29) is 35.5 Å². The lowest BCUT2D eigenvalue weighted by Gasteiger charge is -2.27. The Kier molecular flexibility index (Phi) is 6.50. The number of benzene rings is 1. The number of H-pyrrole nitrogens is 2. The SMILES string of the molecule is CCOC(=O)c1[nH]c(C)c(C([O-])=C2C(=O)C(=O)N(Cc3ccc[nH+]c3)C2c2ccccc2F)c1C. The van der Waals surface area contributed by atoms with Crippen molar-refractivity contribution in [2.45, 2.75) is 33.4 Å². The Bertz CT molecular complexity index is 1350. The maximum Gasteiger partial charge on any atom is 0.355 e. The van der Waals surface area contributed by atoms with Crippen molar-refractivity contribution in [3.63, 3.8) is 0 Å². The average Bonchev–Trinajstić information content (AvgIpc) is 3.27. The third-order valence-electron chi connectivity index (χ3n) is 6.00. The van der Waals surface area contributed by atoms with Gasteiger partial charge >= 0.3 is 5.97 Å². The number of aromatic nitrogens is 2. The summed E-state index contributed by atoms with van der Waals surface area (Å²) < 4.78 is 20.0. The summed E-state index contributed by atoms with van der Waals surface area (Å²) in [7, 11) is 0. The van der Waals surface area contributed by atoms with E-state index in [0.29, 0.717) is 16.8 Å². The van der Waals surface area contributed by atoms with Crippen LogP contribution in [0, 0.1) is 19.7 Å². The Morgan fingerprint density at radius 2 is 1.94 bits per heavy atom. The van der Waals surface area contributed by atoms with Crippen molar-refractivity contribution in [1.82, 2.24) is 9.88 Å². The zero-order valence-electron chi connectivity index (χ0n) is 19.5. The number of hydrogen-bond acceptors (Lipinski definition) is 5. The molecule has 180 valence electrons. The first-order chi connectivity index (χ1) is 16.8. The van der Waals surface area contributed by atoms with Gasteiger partial charge in [0.15, 0.2) is 12.4 Å². The fraction of sp³-hybridized carbons (Fsp3) is 0.231. The summed E-state index contributed by atoms with van der Waals surface area (Å²) in [5, 5.41) is 13.8. The van der Waals surface area contributed by atoms with Gasteiger partial charge < -0.3 is 19.7 Å². The van der Waals surface area contributed by atoms with Gasteiger partial charge in [0.25, 0.3) is 5.91 Å². The Labute approximate surface area is 201 Å². The number of pyridine rings is 1. The van der Waals surface area contributed by atoms with Gasteiger partial charge in [-0.3, -0.25) is 9.59 Å². The van der Waals surface area contributed by atoms with Crippen LogP contribution in [0.4, 0.5) is 4.39 Å². The molecular formula is C26H24FN3O5. The zero-order chi connectivity index (χ0) is 25.3. The Balaban J connectivity index is 1.91. The number of nitrogens with one attached hydrogen (secondary N) is 2. The van der Waals surface area contributed by atoms with Crippen molar-refractivity contribution in [2.24, 2.45) is 0 Å². The number of amides is 1. The number of carbonyl (C=O) groups is 3. The molecule has 0 radical (unpaired) electrons. The molecule has 1 aromatic carbocycles. The molecule has 35 heavy (non-hydrogen) atoms. The molecule has 1 aliphatic rings. The van der Waals surface area contributed by atoms with E-state index in [9.17, 15) is 23.9 Å². The van der Waals surface area contributed by atoms with Gasteiger partial charge in [-0.1, -0.05) is 24.0 Å². The van der Waals surface area contributed by atoms with Crippen molar-refractivity contribution in [3.8, 4) is 0 Å². The number of hydrogen-bond donors (Lipinski definition) is 1. The van der Waals surface area contributed by atoms with Crippen LogP contribution < -0.4 is 10.1 Å². The molecule has 9 heteroatoms. The van der Waals surface area contributed by atoms with E-state index in [2.05, 4.69) is 9.97 Å². The highest BCUT2D eigenvalue weighted by Gasteiger charge is 2.45. The second-order valence-corrected chi connectivity index (χ2v) is 8.19. The molecule has 1 saturated heterocycles.